The molecule has 2 rings (SSSR count). The Bertz CT molecular complexity index is 209. The average Bonchev–Trinajstić information content (AvgIpc) is 2.19. The zero-order chi connectivity index (χ0) is 9.80. The number of nitrogens with one attached hydrogen (secondary N) is 1. The van der Waals surface area contributed by atoms with Crippen molar-refractivity contribution in [2.45, 2.75) is 31.7 Å². The number of hydrogen-bond acceptors (Lipinski definition) is 2. The van der Waals surface area contributed by atoms with Gasteiger partial charge in [-0.15, -0.1) is 0 Å². The summed E-state index contributed by atoms with van der Waals surface area (Å²) in [5.41, 5.74) is 0. The van der Waals surface area contributed by atoms with Crippen LogP contribution < -0.4 is 5.32 Å². The van der Waals surface area contributed by atoms with Crippen LogP contribution in [-0.2, 0) is 0 Å². The molecule has 2 nitrogen and oxygen atoms in total. The minimum Gasteiger partial charge on any atom is -0.313 e. The zero-order valence-electron chi connectivity index (χ0n) is 8.64. The Hall–Kier alpha value is -0.410. The summed E-state index contributed by atoms with van der Waals surface area (Å²) >= 11 is 0. The molecule has 1 saturated heterocycles. The molecular weight excluding hydrogens is 179 g/mol. The van der Waals surface area contributed by atoms with Crippen LogP contribution in [0.1, 0.15) is 25.7 Å². The number of halogens is 1. The summed E-state index contributed by atoms with van der Waals surface area (Å²) in [4.78, 5) is 2.22. The largest absolute Gasteiger partial charge is 0.313 e. The first kappa shape index (κ1) is 10.1. The van der Waals surface area contributed by atoms with Crippen LogP contribution in [0, 0.1) is 0 Å². The smallest absolute Gasteiger partial charge is 0.110 e. The topological polar surface area (TPSA) is 15.3 Å². The highest BCUT2D eigenvalue weighted by atomic mass is 19.1. The summed E-state index contributed by atoms with van der Waals surface area (Å²) in [5.74, 6) is 0.0482. The summed E-state index contributed by atoms with van der Waals surface area (Å²) in [6.07, 6.45) is 6.46. The standard InChI is InChI=1S/C11H19FN2/c12-10-4-3-7-14(8-10)9-11-5-1-2-6-13-11/h4,11,13H,1-3,5-9H2. The molecule has 0 aromatic rings. The van der Waals surface area contributed by atoms with Gasteiger partial charge < -0.3 is 5.32 Å². The first-order valence-electron chi connectivity index (χ1n) is 5.65. The minimum atomic E-state index is 0.0482. The maximum Gasteiger partial charge on any atom is 0.110 e. The van der Waals surface area contributed by atoms with Gasteiger partial charge in [-0.25, -0.2) is 4.39 Å². The lowest BCUT2D eigenvalue weighted by atomic mass is 10.0. The Morgan fingerprint density at radius 3 is 3.14 bits per heavy atom. The molecule has 0 spiro atoms. The second-order valence-electron chi connectivity index (χ2n) is 4.32. The molecule has 1 atom stereocenters. The highest BCUT2D eigenvalue weighted by Gasteiger charge is 2.18. The van der Waals surface area contributed by atoms with Gasteiger partial charge in [0.25, 0.3) is 0 Å². The van der Waals surface area contributed by atoms with Crippen LogP contribution in [0.25, 0.3) is 0 Å². The molecule has 1 N–H and O–H groups in total. The third kappa shape index (κ3) is 2.79. The van der Waals surface area contributed by atoms with Crippen LogP contribution >= 0.6 is 0 Å². The monoisotopic (exact) mass is 198 g/mol. The summed E-state index contributed by atoms with van der Waals surface area (Å²) in [5, 5.41) is 3.50. The van der Waals surface area contributed by atoms with E-state index in [1.54, 1.807) is 6.08 Å². The maximum atomic E-state index is 13.0. The molecule has 0 aromatic heterocycles. The Morgan fingerprint density at radius 2 is 2.43 bits per heavy atom. The number of nitrogens with zero attached hydrogens (tertiary/aromatic N) is 1. The molecule has 2 aliphatic heterocycles. The second-order valence-corrected chi connectivity index (χ2v) is 4.32. The quantitative estimate of drug-likeness (QED) is 0.726. The number of rotatable bonds is 2. The molecule has 80 valence electrons. The first-order valence-corrected chi connectivity index (χ1v) is 5.65. The molecule has 0 saturated carbocycles. The molecule has 14 heavy (non-hydrogen) atoms. The molecule has 2 heterocycles. The average molecular weight is 198 g/mol. The molecule has 1 unspecified atom stereocenters. The van der Waals surface area contributed by atoms with Gasteiger partial charge in [-0.2, -0.15) is 0 Å². The van der Waals surface area contributed by atoms with E-state index in [0.29, 0.717) is 12.6 Å². The third-order valence-electron chi connectivity index (χ3n) is 3.08. The predicted octanol–water partition coefficient (Wildman–Crippen LogP) is 1.69. The van der Waals surface area contributed by atoms with Gasteiger partial charge >= 0.3 is 0 Å². The van der Waals surface area contributed by atoms with Crippen molar-refractivity contribution in [1.82, 2.24) is 10.2 Å². The fraction of sp³-hybridized carbons (Fsp3) is 0.818. The van der Waals surface area contributed by atoms with Crippen molar-refractivity contribution in [3.05, 3.63) is 11.9 Å². The molecule has 1 fully saturated rings. The predicted molar refractivity (Wildman–Crippen MR) is 55.9 cm³/mol. The van der Waals surface area contributed by atoms with E-state index in [0.717, 1.165) is 26.1 Å². The molecule has 2 aliphatic rings. The Labute approximate surface area is 85.2 Å². The van der Waals surface area contributed by atoms with Crippen LogP contribution in [0.2, 0.25) is 0 Å². The van der Waals surface area contributed by atoms with Gasteiger partial charge in [-0.3, -0.25) is 4.90 Å². The van der Waals surface area contributed by atoms with Crippen molar-refractivity contribution >= 4 is 0 Å². The summed E-state index contributed by atoms with van der Waals surface area (Å²) in [6, 6.07) is 0.592. The minimum absolute atomic E-state index is 0.0482. The van der Waals surface area contributed by atoms with E-state index in [1.165, 1.54) is 19.3 Å². The second kappa shape index (κ2) is 4.89. The fourth-order valence-electron chi connectivity index (χ4n) is 2.31. The molecule has 0 radical (unpaired) electrons. The van der Waals surface area contributed by atoms with Gasteiger partial charge in [-0.05, 0) is 25.8 Å². The number of piperidine rings is 1. The lowest BCUT2D eigenvalue weighted by Crippen LogP contribution is -2.45. The molecular formula is C11H19FN2. The van der Waals surface area contributed by atoms with E-state index >= 15 is 0 Å². The van der Waals surface area contributed by atoms with Crippen LogP contribution in [0.3, 0.4) is 0 Å². The zero-order valence-corrected chi connectivity index (χ0v) is 8.64. The van der Waals surface area contributed by atoms with Gasteiger partial charge in [0.1, 0.15) is 5.83 Å². The molecule has 0 aliphatic carbocycles. The summed E-state index contributed by atoms with van der Waals surface area (Å²) in [7, 11) is 0. The van der Waals surface area contributed by atoms with Crippen molar-refractivity contribution in [1.29, 1.82) is 0 Å². The molecule has 0 bridgehead atoms. The first-order chi connectivity index (χ1) is 6.84. The molecule has 0 amide bonds. The van der Waals surface area contributed by atoms with Crippen LogP contribution in [0.4, 0.5) is 4.39 Å². The Morgan fingerprint density at radius 1 is 1.50 bits per heavy atom. The maximum absolute atomic E-state index is 13.0. The summed E-state index contributed by atoms with van der Waals surface area (Å²) in [6.45, 7) is 3.70. The van der Waals surface area contributed by atoms with Crippen molar-refractivity contribution in [2.24, 2.45) is 0 Å². The van der Waals surface area contributed by atoms with Gasteiger partial charge in [0.15, 0.2) is 0 Å². The number of hydrogen-bond donors (Lipinski definition) is 1. The fourth-order valence-corrected chi connectivity index (χ4v) is 2.31. The van der Waals surface area contributed by atoms with Gasteiger partial charge in [0.05, 0.1) is 0 Å². The van der Waals surface area contributed by atoms with Gasteiger partial charge in [-0.1, -0.05) is 12.5 Å². The van der Waals surface area contributed by atoms with Gasteiger partial charge in [0, 0.05) is 25.7 Å². The lowest BCUT2D eigenvalue weighted by Gasteiger charge is -2.31. The van der Waals surface area contributed by atoms with Crippen molar-refractivity contribution in [2.75, 3.05) is 26.2 Å². The van der Waals surface area contributed by atoms with Gasteiger partial charge in [0.2, 0.25) is 0 Å². The normalized spacial score (nSPS) is 30.1. The van der Waals surface area contributed by atoms with Crippen LogP contribution in [0.15, 0.2) is 11.9 Å². The Balaban J connectivity index is 1.76. The SMILES string of the molecule is FC1=CCCN(CC2CCCCN2)C1. The molecule has 3 heteroatoms. The highest BCUT2D eigenvalue weighted by Crippen LogP contribution is 2.13. The highest BCUT2D eigenvalue weighted by molar-refractivity contribution is 4.99. The van der Waals surface area contributed by atoms with E-state index in [1.807, 2.05) is 0 Å². The van der Waals surface area contributed by atoms with Crippen molar-refractivity contribution in [3.63, 3.8) is 0 Å². The van der Waals surface area contributed by atoms with E-state index in [4.69, 9.17) is 0 Å². The van der Waals surface area contributed by atoms with Crippen molar-refractivity contribution in [3.8, 4) is 0 Å². The van der Waals surface area contributed by atoms with E-state index < -0.39 is 0 Å². The van der Waals surface area contributed by atoms with Crippen LogP contribution in [0.5, 0.6) is 0 Å². The molecule has 0 aromatic carbocycles. The van der Waals surface area contributed by atoms with E-state index in [-0.39, 0.29) is 5.83 Å². The lowest BCUT2D eigenvalue weighted by molar-refractivity contribution is 0.221. The van der Waals surface area contributed by atoms with Crippen LogP contribution in [-0.4, -0.2) is 37.1 Å². The third-order valence-corrected chi connectivity index (χ3v) is 3.08. The Kier molecular flexibility index (Phi) is 3.54. The summed E-state index contributed by atoms with van der Waals surface area (Å²) < 4.78 is 13.0. The van der Waals surface area contributed by atoms with E-state index in [2.05, 4.69) is 10.2 Å². The van der Waals surface area contributed by atoms with E-state index in [9.17, 15) is 4.39 Å². The van der Waals surface area contributed by atoms with Crippen molar-refractivity contribution < 1.29 is 4.39 Å².